The van der Waals surface area contributed by atoms with Crippen LogP contribution >= 0.6 is 0 Å². The highest BCUT2D eigenvalue weighted by molar-refractivity contribution is 7.91. The molecule has 1 aromatic carbocycles. The van der Waals surface area contributed by atoms with E-state index in [1.807, 2.05) is 41.0 Å². The Kier molecular flexibility index (Phi) is 7.36. The van der Waals surface area contributed by atoms with E-state index in [0.717, 1.165) is 11.3 Å². The quantitative estimate of drug-likeness (QED) is 0.614. The molecule has 166 valence electrons. The lowest BCUT2D eigenvalue weighted by atomic mass is 10.1. The Morgan fingerprint density at radius 2 is 1.93 bits per heavy atom. The molecule has 0 radical (unpaired) electrons. The highest BCUT2D eigenvalue weighted by Gasteiger charge is 2.34. The summed E-state index contributed by atoms with van der Waals surface area (Å²) in [5, 5.41) is 0. The fraction of sp³-hybridized carbons (Fsp3) is 0.619. The molecule has 30 heavy (non-hydrogen) atoms. The maximum absolute atomic E-state index is 12.8. The molecule has 1 atom stereocenters. The Morgan fingerprint density at radius 1 is 1.20 bits per heavy atom. The van der Waals surface area contributed by atoms with Gasteiger partial charge in [-0.25, -0.2) is 8.42 Å². The lowest BCUT2D eigenvalue weighted by Gasteiger charge is -2.36. The van der Waals surface area contributed by atoms with Gasteiger partial charge in [0.1, 0.15) is 5.75 Å². The Balaban J connectivity index is 1.47. The summed E-state index contributed by atoms with van der Waals surface area (Å²) in [5.41, 5.74) is 0.919. The molecule has 8 nitrogen and oxygen atoms in total. The first-order valence-corrected chi connectivity index (χ1v) is 12.3. The summed E-state index contributed by atoms with van der Waals surface area (Å²) >= 11 is 0. The smallest absolute Gasteiger partial charge is 0.237 e. The third-order valence-electron chi connectivity index (χ3n) is 5.88. The second kappa shape index (κ2) is 9.78. The van der Waals surface area contributed by atoms with Gasteiger partial charge >= 0.3 is 0 Å². The summed E-state index contributed by atoms with van der Waals surface area (Å²) in [4.78, 5) is 31.0. The van der Waals surface area contributed by atoms with Crippen molar-refractivity contribution in [2.24, 2.45) is 0 Å². The maximum Gasteiger partial charge on any atom is 0.237 e. The van der Waals surface area contributed by atoms with Crippen LogP contribution < -0.4 is 4.74 Å². The van der Waals surface area contributed by atoms with Gasteiger partial charge in [-0.3, -0.25) is 14.5 Å². The molecule has 1 aromatic rings. The maximum atomic E-state index is 12.8. The van der Waals surface area contributed by atoms with Crippen molar-refractivity contribution < 1.29 is 22.7 Å². The molecular weight excluding hydrogens is 406 g/mol. The molecule has 0 aromatic heterocycles. The van der Waals surface area contributed by atoms with Gasteiger partial charge in [0.2, 0.25) is 11.8 Å². The van der Waals surface area contributed by atoms with E-state index in [9.17, 15) is 18.0 Å². The van der Waals surface area contributed by atoms with Gasteiger partial charge in [-0.05, 0) is 31.0 Å². The number of likely N-dealkylation sites (N-methyl/N-ethyl adjacent to an activating group) is 1. The van der Waals surface area contributed by atoms with Crippen molar-refractivity contribution in [3.63, 3.8) is 0 Å². The van der Waals surface area contributed by atoms with Crippen molar-refractivity contribution in [1.82, 2.24) is 14.7 Å². The summed E-state index contributed by atoms with van der Waals surface area (Å²) in [6.07, 6.45) is 0.852. The second-order valence-electron chi connectivity index (χ2n) is 7.92. The van der Waals surface area contributed by atoms with Crippen LogP contribution in [0.15, 0.2) is 24.3 Å². The number of carbonyl (C=O) groups is 2. The predicted molar refractivity (Wildman–Crippen MR) is 114 cm³/mol. The van der Waals surface area contributed by atoms with E-state index in [2.05, 4.69) is 0 Å². The van der Waals surface area contributed by atoms with Gasteiger partial charge in [0, 0.05) is 38.8 Å². The van der Waals surface area contributed by atoms with E-state index >= 15 is 0 Å². The minimum atomic E-state index is -3.02. The number of carbonyl (C=O) groups excluding carboxylic acids is 2. The monoisotopic (exact) mass is 437 g/mol. The number of sulfone groups is 1. The number of nitrogens with zero attached hydrogens (tertiary/aromatic N) is 3. The van der Waals surface area contributed by atoms with E-state index < -0.39 is 9.84 Å². The average Bonchev–Trinajstić information content (AvgIpc) is 3.08. The van der Waals surface area contributed by atoms with E-state index in [1.54, 1.807) is 12.0 Å². The molecule has 2 fully saturated rings. The van der Waals surface area contributed by atoms with Gasteiger partial charge in [0.15, 0.2) is 9.84 Å². The zero-order chi connectivity index (χ0) is 21.7. The van der Waals surface area contributed by atoms with Crippen LogP contribution in [0, 0.1) is 0 Å². The van der Waals surface area contributed by atoms with Crippen LogP contribution in [0.25, 0.3) is 0 Å². The van der Waals surface area contributed by atoms with Crippen molar-refractivity contribution in [1.29, 1.82) is 0 Å². The van der Waals surface area contributed by atoms with E-state index in [4.69, 9.17) is 4.74 Å². The molecule has 0 spiro atoms. The molecule has 3 rings (SSSR count). The molecule has 0 bridgehead atoms. The summed E-state index contributed by atoms with van der Waals surface area (Å²) in [5.74, 6) is 1.00. The molecule has 2 heterocycles. The Bertz CT molecular complexity index is 865. The van der Waals surface area contributed by atoms with Gasteiger partial charge in [-0.1, -0.05) is 12.1 Å². The zero-order valence-corrected chi connectivity index (χ0v) is 18.6. The minimum absolute atomic E-state index is 0.0317. The highest BCUT2D eigenvalue weighted by Crippen LogP contribution is 2.18. The summed E-state index contributed by atoms with van der Waals surface area (Å²) in [7, 11) is -1.42. The first kappa shape index (κ1) is 22.6. The van der Waals surface area contributed by atoms with Gasteiger partial charge in [0.25, 0.3) is 0 Å². The third kappa shape index (κ3) is 5.72. The number of benzene rings is 1. The van der Waals surface area contributed by atoms with Crippen LogP contribution in [0.4, 0.5) is 0 Å². The Hall–Kier alpha value is -2.13. The van der Waals surface area contributed by atoms with Crippen LogP contribution in [0.2, 0.25) is 0 Å². The third-order valence-corrected chi connectivity index (χ3v) is 7.63. The number of hydrogen-bond acceptors (Lipinski definition) is 6. The van der Waals surface area contributed by atoms with Crippen LogP contribution in [-0.4, -0.2) is 98.9 Å². The molecule has 9 heteroatoms. The molecule has 1 unspecified atom stereocenters. The fourth-order valence-corrected chi connectivity index (χ4v) is 5.90. The first-order valence-electron chi connectivity index (χ1n) is 10.4. The lowest BCUT2D eigenvalue weighted by Crippen LogP contribution is -2.53. The summed E-state index contributed by atoms with van der Waals surface area (Å²) in [6, 6.07) is 7.30. The summed E-state index contributed by atoms with van der Waals surface area (Å²) in [6.45, 7) is 5.10. The predicted octanol–water partition coefficient (Wildman–Crippen LogP) is 0.418. The van der Waals surface area contributed by atoms with Gasteiger partial charge < -0.3 is 14.5 Å². The average molecular weight is 438 g/mol. The lowest BCUT2D eigenvalue weighted by molar-refractivity contribution is -0.135. The van der Waals surface area contributed by atoms with Crippen LogP contribution in [0.3, 0.4) is 0 Å². The van der Waals surface area contributed by atoms with Crippen LogP contribution in [0.1, 0.15) is 18.9 Å². The number of piperazine rings is 1. The van der Waals surface area contributed by atoms with Crippen molar-refractivity contribution in [3.8, 4) is 5.75 Å². The van der Waals surface area contributed by atoms with Crippen LogP contribution in [-0.2, 0) is 25.8 Å². The molecule has 2 aliphatic rings. The van der Waals surface area contributed by atoms with Gasteiger partial charge in [-0.15, -0.1) is 0 Å². The number of ether oxygens (including phenoxy) is 1. The molecule has 0 saturated carbocycles. The van der Waals surface area contributed by atoms with E-state index in [0.29, 0.717) is 45.6 Å². The topological polar surface area (TPSA) is 87.2 Å². The normalized spacial score (nSPS) is 21.4. The Labute approximate surface area is 178 Å². The zero-order valence-electron chi connectivity index (χ0n) is 17.7. The van der Waals surface area contributed by atoms with Crippen molar-refractivity contribution in [2.75, 3.05) is 57.9 Å². The van der Waals surface area contributed by atoms with Crippen LogP contribution in [0.5, 0.6) is 5.75 Å². The fourth-order valence-electron chi connectivity index (χ4n) is 4.17. The van der Waals surface area contributed by atoms with Gasteiger partial charge in [0.05, 0.1) is 31.6 Å². The second-order valence-corrected chi connectivity index (χ2v) is 10.2. The SMILES string of the molecule is CCN(C(=O)CN1CCN(C(=O)Cc2cccc(OC)c2)CC1)C1CCS(=O)(=O)C1. The van der Waals surface area contributed by atoms with Gasteiger partial charge in [-0.2, -0.15) is 0 Å². The molecule has 2 amide bonds. The number of amides is 2. The van der Waals surface area contributed by atoms with Crippen molar-refractivity contribution in [3.05, 3.63) is 29.8 Å². The molecule has 2 saturated heterocycles. The number of rotatable bonds is 7. The largest absolute Gasteiger partial charge is 0.497 e. The van der Waals surface area contributed by atoms with E-state index in [-0.39, 0.29) is 35.9 Å². The first-order chi connectivity index (χ1) is 14.3. The standard InChI is InChI=1S/C21H31N3O5S/c1-3-24(18-7-12-30(27,28)16-18)21(26)15-22-8-10-23(11-9-22)20(25)14-17-5-4-6-19(13-17)29-2/h4-6,13,18H,3,7-12,14-16H2,1-2H3. The molecule has 2 aliphatic heterocycles. The summed E-state index contributed by atoms with van der Waals surface area (Å²) < 4.78 is 28.7. The molecular formula is C21H31N3O5S. The Morgan fingerprint density at radius 3 is 2.53 bits per heavy atom. The minimum Gasteiger partial charge on any atom is -0.497 e. The van der Waals surface area contributed by atoms with Crippen molar-refractivity contribution in [2.45, 2.75) is 25.8 Å². The van der Waals surface area contributed by atoms with E-state index in [1.165, 1.54) is 0 Å². The van der Waals surface area contributed by atoms with Crippen molar-refractivity contribution >= 4 is 21.7 Å². The number of hydrogen-bond donors (Lipinski definition) is 0. The highest BCUT2D eigenvalue weighted by atomic mass is 32.2. The molecule has 0 aliphatic carbocycles. The number of methoxy groups -OCH3 is 1. The molecule has 0 N–H and O–H groups in total.